The molecule has 0 fully saturated rings. The quantitative estimate of drug-likeness (QED) is 0.667. The maximum Gasteiger partial charge on any atom is 0.0480 e. The summed E-state index contributed by atoms with van der Waals surface area (Å²) in [6.07, 6.45) is 9.64. The minimum absolute atomic E-state index is 1.12. The van der Waals surface area contributed by atoms with Crippen molar-refractivity contribution in [2.45, 2.75) is 0 Å². The molecule has 1 N–H and O–H groups in total. The van der Waals surface area contributed by atoms with Gasteiger partial charge in [0.15, 0.2) is 0 Å². The Labute approximate surface area is 87.7 Å². The van der Waals surface area contributed by atoms with Crippen molar-refractivity contribution in [3.8, 4) is 0 Å². The molecule has 0 saturated carbocycles. The highest BCUT2D eigenvalue weighted by Gasteiger charge is 2.05. The highest BCUT2D eigenvalue weighted by molar-refractivity contribution is 5.96. The third-order valence-electron chi connectivity index (χ3n) is 2.54. The van der Waals surface area contributed by atoms with E-state index in [9.17, 15) is 0 Å². The molecule has 15 heavy (non-hydrogen) atoms. The number of rotatable bonds is 0. The Hall–Kier alpha value is -2.09. The van der Waals surface area contributed by atoms with Gasteiger partial charge in [-0.2, -0.15) is 0 Å². The second-order valence-corrected chi connectivity index (χ2v) is 3.47. The maximum absolute atomic E-state index is 4.09. The van der Waals surface area contributed by atoms with Crippen LogP contribution in [-0.4, -0.2) is 11.2 Å². The van der Waals surface area contributed by atoms with Gasteiger partial charge in [-0.25, -0.2) is 0 Å². The Morgan fingerprint density at radius 2 is 2.00 bits per heavy atom. The van der Waals surface area contributed by atoms with E-state index in [0.717, 1.165) is 5.69 Å². The first kappa shape index (κ1) is 8.24. The molecule has 0 spiro atoms. The molecule has 1 aromatic heterocycles. The van der Waals surface area contributed by atoms with Crippen molar-refractivity contribution >= 4 is 29.3 Å². The molecule has 2 heterocycles. The van der Waals surface area contributed by atoms with Gasteiger partial charge >= 0.3 is 0 Å². The second-order valence-electron chi connectivity index (χ2n) is 3.47. The number of nitrogens with zero attached hydrogens (tertiary/aromatic N) is 1. The molecule has 0 atom stereocenters. The van der Waals surface area contributed by atoms with Crippen LogP contribution in [0.2, 0.25) is 0 Å². The van der Waals surface area contributed by atoms with Gasteiger partial charge < -0.3 is 4.98 Å². The summed E-state index contributed by atoms with van der Waals surface area (Å²) in [5.41, 5.74) is 3.51. The van der Waals surface area contributed by atoms with Crippen LogP contribution in [0.3, 0.4) is 0 Å². The number of allylic oxidation sites excluding steroid dienone is 1. The average molecular weight is 194 g/mol. The van der Waals surface area contributed by atoms with Crippen LogP contribution in [0, 0.1) is 0 Å². The Kier molecular flexibility index (Phi) is 1.78. The van der Waals surface area contributed by atoms with Crippen molar-refractivity contribution in [3.63, 3.8) is 0 Å². The van der Waals surface area contributed by atoms with Gasteiger partial charge in [0.25, 0.3) is 0 Å². The van der Waals surface area contributed by atoms with E-state index in [1.165, 1.54) is 16.5 Å². The first-order valence-corrected chi connectivity index (χ1v) is 4.92. The van der Waals surface area contributed by atoms with E-state index >= 15 is 0 Å². The zero-order valence-corrected chi connectivity index (χ0v) is 8.14. The van der Waals surface area contributed by atoms with Crippen LogP contribution in [0.15, 0.2) is 41.5 Å². The summed E-state index contributed by atoms with van der Waals surface area (Å²) in [6, 6.07) is 8.31. The van der Waals surface area contributed by atoms with Crippen LogP contribution < -0.4 is 0 Å². The van der Waals surface area contributed by atoms with Gasteiger partial charge in [0.2, 0.25) is 0 Å². The number of H-pyrrole nitrogens is 1. The third kappa shape index (κ3) is 1.31. The van der Waals surface area contributed by atoms with Crippen LogP contribution >= 0.6 is 0 Å². The molecular weight excluding hydrogens is 184 g/mol. The monoisotopic (exact) mass is 194 g/mol. The van der Waals surface area contributed by atoms with Gasteiger partial charge in [0.05, 0.1) is 0 Å². The molecule has 3 rings (SSSR count). The van der Waals surface area contributed by atoms with E-state index in [0.29, 0.717) is 0 Å². The minimum Gasteiger partial charge on any atom is -0.354 e. The minimum atomic E-state index is 1.12. The number of benzene rings is 1. The molecule has 1 aliphatic rings. The number of hydrogen-bond acceptors (Lipinski definition) is 1. The van der Waals surface area contributed by atoms with E-state index in [1.54, 1.807) is 12.4 Å². The highest BCUT2D eigenvalue weighted by Crippen LogP contribution is 2.24. The molecule has 2 heteroatoms. The lowest BCUT2D eigenvalue weighted by molar-refractivity contribution is 1.41. The molecule has 72 valence electrons. The van der Waals surface area contributed by atoms with Crippen LogP contribution in [0.4, 0.5) is 0 Å². The number of nitrogens with one attached hydrogen (secondary N) is 1. The average Bonchev–Trinajstić information content (AvgIpc) is 2.55. The summed E-state index contributed by atoms with van der Waals surface area (Å²) >= 11 is 0. The predicted octanol–water partition coefficient (Wildman–Crippen LogP) is 3.24. The fourth-order valence-corrected chi connectivity index (χ4v) is 1.85. The molecule has 2 aromatic rings. The standard InChI is InChI=1S/C13H10N2/c1-2-6-12-10(4-1)11-5-3-8-14-9-7-13(11)15-12/h1-9,15H/b5-3?,8-3?,9-7-,11-5?,13-7?,14-8?,14-9?. The summed E-state index contributed by atoms with van der Waals surface area (Å²) in [6.45, 7) is 0. The molecule has 0 radical (unpaired) electrons. The van der Waals surface area contributed by atoms with E-state index in [1.807, 2.05) is 18.2 Å². The molecule has 0 aliphatic carbocycles. The van der Waals surface area contributed by atoms with Crippen molar-refractivity contribution in [1.82, 2.24) is 4.98 Å². The van der Waals surface area contributed by atoms with Crippen LogP contribution in [-0.2, 0) is 0 Å². The molecule has 0 saturated heterocycles. The van der Waals surface area contributed by atoms with E-state index in [2.05, 4.69) is 34.3 Å². The molecule has 1 aliphatic heterocycles. The Balaban J connectivity index is 2.36. The van der Waals surface area contributed by atoms with Crippen LogP contribution in [0.25, 0.3) is 23.1 Å². The van der Waals surface area contributed by atoms with Crippen molar-refractivity contribution in [1.29, 1.82) is 0 Å². The highest BCUT2D eigenvalue weighted by atomic mass is 14.7. The molecular formula is C13H10N2. The summed E-state index contributed by atoms with van der Waals surface area (Å²) < 4.78 is 0. The SMILES string of the molecule is C1=Cc2c([nH]c3ccccc23)/C=C\N=C1. The summed E-state index contributed by atoms with van der Waals surface area (Å²) in [5.74, 6) is 0. The molecule has 1 aromatic carbocycles. The second kappa shape index (κ2) is 3.24. The molecule has 0 amide bonds. The smallest absolute Gasteiger partial charge is 0.0480 e. The molecule has 2 nitrogen and oxygen atoms in total. The summed E-state index contributed by atoms with van der Waals surface area (Å²) in [7, 11) is 0. The number of aromatic nitrogens is 1. The van der Waals surface area contributed by atoms with Crippen molar-refractivity contribution in [2.24, 2.45) is 4.99 Å². The zero-order valence-electron chi connectivity index (χ0n) is 8.14. The van der Waals surface area contributed by atoms with Gasteiger partial charge in [-0.3, -0.25) is 4.99 Å². The Morgan fingerprint density at radius 3 is 3.00 bits per heavy atom. The summed E-state index contributed by atoms with van der Waals surface area (Å²) in [5, 5.41) is 1.25. The van der Waals surface area contributed by atoms with Gasteiger partial charge in [-0.15, -0.1) is 0 Å². The lowest BCUT2D eigenvalue weighted by Crippen LogP contribution is -1.78. The molecule has 0 bridgehead atoms. The Morgan fingerprint density at radius 1 is 1.07 bits per heavy atom. The number of para-hydroxylation sites is 1. The van der Waals surface area contributed by atoms with Gasteiger partial charge in [0, 0.05) is 34.6 Å². The van der Waals surface area contributed by atoms with Gasteiger partial charge in [0.1, 0.15) is 0 Å². The van der Waals surface area contributed by atoms with Crippen molar-refractivity contribution in [2.75, 3.05) is 0 Å². The molecule has 0 unspecified atom stereocenters. The normalized spacial score (nSPS) is 16.0. The number of aliphatic imine (C=N–C) groups is 1. The fraction of sp³-hybridized carbons (Fsp3) is 0. The fourth-order valence-electron chi connectivity index (χ4n) is 1.85. The lowest BCUT2D eigenvalue weighted by Gasteiger charge is -1.94. The lowest BCUT2D eigenvalue weighted by atomic mass is 10.1. The first-order chi connectivity index (χ1) is 7.45. The van der Waals surface area contributed by atoms with Gasteiger partial charge in [-0.05, 0) is 18.2 Å². The van der Waals surface area contributed by atoms with Crippen LogP contribution in [0.1, 0.15) is 11.3 Å². The van der Waals surface area contributed by atoms with E-state index in [-0.39, 0.29) is 0 Å². The predicted molar refractivity (Wildman–Crippen MR) is 64.9 cm³/mol. The van der Waals surface area contributed by atoms with E-state index in [4.69, 9.17) is 0 Å². The van der Waals surface area contributed by atoms with Crippen molar-refractivity contribution < 1.29 is 0 Å². The third-order valence-corrected chi connectivity index (χ3v) is 2.54. The number of aromatic amines is 1. The van der Waals surface area contributed by atoms with Gasteiger partial charge in [-0.1, -0.05) is 24.3 Å². The largest absolute Gasteiger partial charge is 0.354 e. The summed E-state index contributed by atoms with van der Waals surface area (Å²) in [4.78, 5) is 7.46. The number of hydrogen-bond donors (Lipinski definition) is 1. The Bertz CT molecular complexity index is 586. The first-order valence-electron chi connectivity index (χ1n) is 4.92. The maximum atomic E-state index is 4.09. The number of fused-ring (bicyclic) bond motifs is 3. The van der Waals surface area contributed by atoms with Crippen molar-refractivity contribution in [3.05, 3.63) is 47.8 Å². The topological polar surface area (TPSA) is 28.1 Å². The zero-order chi connectivity index (χ0) is 10.1. The van der Waals surface area contributed by atoms with Crippen LogP contribution in [0.5, 0.6) is 0 Å². The van der Waals surface area contributed by atoms with E-state index < -0.39 is 0 Å².